The predicted molar refractivity (Wildman–Crippen MR) is 247 cm³/mol. The van der Waals surface area contributed by atoms with E-state index in [0.29, 0.717) is 0 Å². The van der Waals surface area contributed by atoms with Crippen LogP contribution in [0.15, 0.2) is 24.3 Å². The van der Waals surface area contributed by atoms with Crippen LogP contribution in [-0.2, 0) is 12.8 Å². The minimum Gasteiger partial charge on any atom is -0.140 e. The molecule has 0 aromatic carbocycles. The molecule has 0 aliphatic rings. The summed E-state index contributed by atoms with van der Waals surface area (Å²) < 4.78 is 9.55. The van der Waals surface area contributed by atoms with Gasteiger partial charge < -0.3 is 0 Å². The fourth-order valence-corrected chi connectivity index (χ4v) is 16.2. The number of thiophene rings is 6. The maximum atomic E-state index is 2.39. The lowest BCUT2D eigenvalue weighted by Crippen LogP contribution is -1.87. The normalized spacial score (nSPS) is 12.2. The van der Waals surface area contributed by atoms with Crippen molar-refractivity contribution < 1.29 is 0 Å². The second-order valence-electron chi connectivity index (χ2n) is 15.4. The van der Waals surface area contributed by atoms with Gasteiger partial charge in [0.25, 0.3) is 0 Å². The van der Waals surface area contributed by atoms with Gasteiger partial charge in [0.1, 0.15) is 0 Å². The average Bonchev–Trinajstić information content (AvgIpc) is 3.99. The summed E-state index contributed by atoms with van der Waals surface area (Å²) in [5.41, 5.74) is 3.32. The predicted octanol–water partition coefficient (Wildman–Crippen LogP) is 19.2. The molecule has 6 heterocycles. The highest BCUT2D eigenvalue weighted by atomic mass is 32.1. The van der Waals surface area contributed by atoms with Crippen molar-refractivity contribution in [3.63, 3.8) is 0 Å². The molecule has 284 valence electrons. The van der Waals surface area contributed by atoms with E-state index >= 15 is 0 Å². The minimum absolute atomic E-state index is 1.23. The quantitative estimate of drug-likeness (QED) is 0.0479. The van der Waals surface area contributed by atoms with Crippen molar-refractivity contribution in [2.24, 2.45) is 0 Å². The van der Waals surface area contributed by atoms with Crippen LogP contribution in [0.4, 0.5) is 0 Å². The van der Waals surface area contributed by atoms with Gasteiger partial charge in [-0.05, 0) is 74.9 Å². The van der Waals surface area contributed by atoms with Crippen LogP contribution in [0.2, 0.25) is 0 Å². The number of aryl methyl sites for hydroxylation is 4. The fraction of sp³-hybridized carbons (Fsp3) is 0.609. The summed E-state index contributed by atoms with van der Waals surface area (Å²) in [6.45, 7) is 9.16. The molecule has 0 saturated carbocycles. The SMILES string of the molecule is CCCCCCCCCCCCCc1c(-c2ccc(C)s2)sc2c1sc1c3sc(-c4ccc(C)s4)c(CCCCCCCCCCCCC)c3sc21. The third kappa shape index (κ3) is 10.6. The monoisotopic (exact) mass is 808 g/mol. The summed E-state index contributed by atoms with van der Waals surface area (Å²) in [7, 11) is 0. The molecule has 0 unspecified atom stereocenters. The highest BCUT2D eigenvalue weighted by Gasteiger charge is 2.25. The van der Waals surface area contributed by atoms with E-state index in [-0.39, 0.29) is 0 Å². The van der Waals surface area contributed by atoms with Gasteiger partial charge in [-0.2, -0.15) is 0 Å². The Balaban J connectivity index is 1.15. The standard InChI is InChI=1S/C46H64S6/c1-5-7-9-11-13-15-17-19-21-23-25-27-35-39(37-31-29-33(3)47-37)49-43-41(35)51-46-44-42(52-45(43)46)36(40(50-44)38-32-30-34(4)48-38)28-26-24-22-20-18-16-14-12-10-8-6-2/h29-32H,5-28H2,1-4H3. The first-order valence-electron chi connectivity index (χ1n) is 21.1. The van der Waals surface area contributed by atoms with Gasteiger partial charge in [-0.1, -0.05) is 142 Å². The first-order chi connectivity index (χ1) is 25.6. The van der Waals surface area contributed by atoms with Crippen LogP contribution in [0.5, 0.6) is 0 Å². The van der Waals surface area contributed by atoms with E-state index < -0.39 is 0 Å². The Morgan fingerprint density at radius 3 is 0.942 bits per heavy atom. The second kappa shape index (κ2) is 21.3. The lowest BCUT2D eigenvalue weighted by Gasteiger charge is -2.04. The Kier molecular flexibility index (Phi) is 16.7. The van der Waals surface area contributed by atoms with Crippen LogP contribution < -0.4 is 0 Å². The zero-order valence-electron chi connectivity index (χ0n) is 32.7. The van der Waals surface area contributed by atoms with Gasteiger partial charge in [0.2, 0.25) is 0 Å². The molecule has 0 spiro atoms. The number of hydrogen-bond donors (Lipinski definition) is 0. The second-order valence-corrected chi connectivity index (χ2v) is 22.0. The van der Waals surface area contributed by atoms with Crippen molar-refractivity contribution >= 4 is 96.2 Å². The van der Waals surface area contributed by atoms with E-state index in [9.17, 15) is 0 Å². The van der Waals surface area contributed by atoms with E-state index in [4.69, 9.17) is 0 Å². The van der Waals surface area contributed by atoms with Gasteiger partial charge in [-0.25, -0.2) is 0 Å². The third-order valence-electron chi connectivity index (χ3n) is 10.9. The van der Waals surface area contributed by atoms with Crippen molar-refractivity contribution in [3.8, 4) is 19.5 Å². The zero-order chi connectivity index (χ0) is 36.1. The maximum absolute atomic E-state index is 2.39. The van der Waals surface area contributed by atoms with Crippen LogP contribution in [0, 0.1) is 13.8 Å². The lowest BCUT2D eigenvalue weighted by atomic mass is 10.0. The summed E-state index contributed by atoms with van der Waals surface area (Å²) in [5.74, 6) is 0. The Morgan fingerprint density at radius 2 is 0.635 bits per heavy atom. The molecular formula is C46H64S6. The van der Waals surface area contributed by atoms with Crippen molar-refractivity contribution in [1.29, 1.82) is 0 Å². The van der Waals surface area contributed by atoms with E-state index in [1.807, 2.05) is 22.7 Å². The maximum Gasteiger partial charge on any atom is 0.0651 e. The van der Waals surface area contributed by atoms with E-state index in [0.717, 1.165) is 0 Å². The summed E-state index contributed by atoms with van der Waals surface area (Å²) >= 11 is 12.5. The molecule has 6 rings (SSSR count). The Bertz CT molecular complexity index is 1770. The van der Waals surface area contributed by atoms with Gasteiger partial charge >= 0.3 is 0 Å². The minimum atomic E-state index is 1.23. The number of rotatable bonds is 26. The van der Waals surface area contributed by atoms with Crippen LogP contribution in [-0.4, -0.2) is 0 Å². The van der Waals surface area contributed by atoms with Crippen molar-refractivity contribution in [2.45, 2.75) is 182 Å². The average molecular weight is 809 g/mol. The molecule has 0 nitrogen and oxygen atoms in total. The Labute approximate surface area is 340 Å². The lowest BCUT2D eigenvalue weighted by molar-refractivity contribution is 0.550. The van der Waals surface area contributed by atoms with Crippen molar-refractivity contribution in [3.05, 3.63) is 45.1 Å². The largest absolute Gasteiger partial charge is 0.140 e. The fourth-order valence-electron chi connectivity index (χ4n) is 7.91. The van der Waals surface area contributed by atoms with Gasteiger partial charge in [-0.15, -0.1) is 68.0 Å². The molecule has 0 fully saturated rings. The summed E-state index contributed by atoms with van der Waals surface area (Å²) in [4.78, 5) is 8.98. The molecule has 6 aromatic heterocycles. The smallest absolute Gasteiger partial charge is 0.0651 e. The van der Waals surface area contributed by atoms with Crippen LogP contribution in [0.1, 0.15) is 176 Å². The van der Waals surface area contributed by atoms with Crippen molar-refractivity contribution in [2.75, 3.05) is 0 Å². The topological polar surface area (TPSA) is 0 Å². The van der Waals surface area contributed by atoms with Gasteiger partial charge in [-0.3, -0.25) is 0 Å². The Morgan fingerprint density at radius 1 is 0.327 bits per heavy atom. The van der Waals surface area contributed by atoms with E-state index in [1.54, 1.807) is 49.1 Å². The first kappa shape index (κ1) is 40.6. The third-order valence-corrected chi connectivity index (χ3v) is 19.0. The molecule has 0 atom stereocenters. The molecule has 0 radical (unpaired) electrons. The van der Waals surface area contributed by atoms with Gasteiger partial charge in [0.05, 0.1) is 28.2 Å². The van der Waals surface area contributed by atoms with Crippen LogP contribution in [0.25, 0.3) is 47.7 Å². The molecule has 0 saturated heterocycles. The molecule has 6 heteroatoms. The molecule has 0 aliphatic heterocycles. The van der Waals surface area contributed by atoms with E-state index in [2.05, 4.69) is 97.3 Å². The molecule has 6 aromatic rings. The summed E-state index contributed by atoms with van der Waals surface area (Å²) in [6.07, 6.45) is 33.4. The number of hydrogen-bond acceptors (Lipinski definition) is 6. The van der Waals surface area contributed by atoms with Crippen LogP contribution in [0.3, 0.4) is 0 Å². The van der Waals surface area contributed by atoms with Crippen molar-refractivity contribution in [1.82, 2.24) is 0 Å². The molecule has 0 aliphatic carbocycles. The summed E-state index contributed by atoms with van der Waals surface area (Å²) in [5, 5.41) is 0. The Hall–Kier alpha value is -1.02. The molecular weight excluding hydrogens is 745 g/mol. The van der Waals surface area contributed by atoms with Gasteiger partial charge in [0, 0.05) is 29.3 Å². The number of fused-ring (bicyclic) bond motifs is 5. The zero-order valence-corrected chi connectivity index (χ0v) is 37.6. The molecule has 0 amide bonds. The first-order valence-corrected chi connectivity index (χ1v) is 26.0. The molecule has 52 heavy (non-hydrogen) atoms. The number of unbranched alkanes of at least 4 members (excludes halogenated alkanes) is 20. The highest BCUT2D eigenvalue weighted by molar-refractivity contribution is 7.46. The van der Waals surface area contributed by atoms with Crippen LogP contribution >= 0.6 is 68.0 Å². The molecule has 0 bridgehead atoms. The molecule has 0 N–H and O–H groups in total. The summed E-state index contributed by atoms with van der Waals surface area (Å²) in [6, 6.07) is 9.44. The van der Waals surface area contributed by atoms with Gasteiger partial charge in [0.15, 0.2) is 0 Å². The van der Waals surface area contributed by atoms with E-state index in [1.165, 1.54) is 174 Å². The highest BCUT2D eigenvalue weighted by Crippen LogP contribution is 2.56.